The maximum atomic E-state index is 5.22. The molecule has 0 aromatic carbocycles. The molecule has 0 unspecified atom stereocenters. The van der Waals surface area contributed by atoms with E-state index in [1.54, 1.807) is 0 Å². The van der Waals surface area contributed by atoms with Crippen LogP contribution in [0.5, 0.6) is 0 Å². The summed E-state index contributed by atoms with van der Waals surface area (Å²) >= 11 is 0. The van der Waals surface area contributed by atoms with Crippen molar-refractivity contribution in [3.63, 3.8) is 0 Å². The first-order chi connectivity index (χ1) is 8.42. The highest BCUT2D eigenvalue weighted by Crippen LogP contribution is 2.18. The van der Waals surface area contributed by atoms with Crippen LogP contribution in [0.15, 0.2) is 10.9 Å². The van der Waals surface area contributed by atoms with Crippen LogP contribution in [0.1, 0.15) is 18.7 Å². The fourth-order valence-electron chi connectivity index (χ4n) is 2.08. The summed E-state index contributed by atoms with van der Waals surface area (Å²) in [6, 6.07) is 0. The summed E-state index contributed by atoms with van der Waals surface area (Å²) in [6.45, 7) is 2.15. The molecule has 0 aliphatic carbocycles. The Hall–Kier alpha value is -1.76. The van der Waals surface area contributed by atoms with Crippen LogP contribution in [0.2, 0.25) is 0 Å². The molecule has 3 heterocycles. The van der Waals surface area contributed by atoms with E-state index in [1.165, 1.54) is 19.2 Å². The van der Waals surface area contributed by atoms with Crippen molar-refractivity contribution in [2.75, 3.05) is 13.1 Å². The second-order valence-corrected chi connectivity index (χ2v) is 4.24. The van der Waals surface area contributed by atoms with E-state index in [0.717, 1.165) is 19.5 Å². The summed E-state index contributed by atoms with van der Waals surface area (Å²) in [5.74, 6) is 2.35. The third-order valence-electron chi connectivity index (χ3n) is 3.02. The van der Waals surface area contributed by atoms with Crippen molar-refractivity contribution >= 4 is 0 Å². The number of H-pyrrole nitrogens is 1. The number of hydrogen-bond donors (Lipinski definition) is 2. The largest absolute Gasteiger partial charge is 0.339 e. The fourth-order valence-corrected chi connectivity index (χ4v) is 2.08. The topological polar surface area (TPSA) is 92.5 Å². The first-order valence-electron chi connectivity index (χ1n) is 5.81. The Morgan fingerprint density at radius 2 is 2.24 bits per heavy atom. The summed E-state index contributed by atoms with van der Waals surface area (Å²) in [7, 11) is 0. The molecule has 2 aromatic heterocycles. The quantitative estimate of drug-likeness (QED) is 0.798. The van der Waals surface area contributed by atoms with Gasteiger partial charge in [-0.25, -0.2) is 4.98 Å². The molecule has 0 radical (unpaired) electrons. The average Bonchev–Trinajstić information content (AvgIpc) is 3.00. The highest BCUT2D eigenvalue weighted by molar-refractivity contribution is 5.39. The fraction of sp³-hybridized carbons (Fsp3) is 0.600. The summed E-state index contributed by atoms with van der Waals surface area (Å²) in [5, 5.41) is 13.7. The van der Waals surface area contributed by atoms with E-state index in [0.29, 0.717) is 23.5 Å². The number of piperidine rings is 1. The minimum atomic E-state index is 0.478. The Morgan fingerprint density at radius 1 is 1.35 bits per heavy atom. The Kier molecular flexibility index (Phi) is 2.83. The number of aromatic amines is 1. The Balaban J connectivity index is 1.68. The molecule has 0 saturated carbocycles. The second-order valence-electron chi connectivity index (χ2n) is 4.24. The van der Waals surface area contributed by atoms with Gasteiger partial charge in [-0.1, -0.05) is 5.16 Å². The summed E-state index contributed by atoms with van der Waals surface area (Å²) < 4.78 is 5.22. The Morgan fingerprint density at radius 3 is 3.00 bits per heavy atom. The minimum Gasteiger partial charge on any atom is -0.339 e. The van der Waals surface area contributed by atoms with Gasteiger partial charge in [-0.05, 0) is 31.8 Å². The molecule has 7 nitrogen and oxygen atoms in total. The monoisotopic (exact) mass is 234 g/mol. The lowest BCUT2D eigenvalue weighted by molar-refractivity contribution is 0.313. The molecule has 1 fully saturated rings. The Labute approximate surface area is 98.0 Å². The van der Waals surface area contributed by atoms with Gasteiger partial charge < -0.3 is 9.84 Å². The van der Waals surface area contributed by atoms with Gasteiger partial charge in [0, 0.05) is 6.42 Å². The van der Waals surface area contributed by atoms with Crippen molar-refractivity contribution in [1.29, 1.82) is 0 Å². The molecular weight excluding hydrogens is 220 g/mol. The molecule has 0 amide bonds. The second kappa shape index (κ2) is 4.62. The van der Waals surface area contributed by atoms with E-state index in [4.69, 9.17) is 4.52 Å². The van der Waals surface area contributed by atoms with Gasteiger partial charge in [0.15, 0.2) is 5.82 Å². The van der Waals surface area contributed by atoms with Crippen LogP contribution >= 0.6 is 0 Å². The Bertz CT molecular complexity index is 459. The normalized spacial score (nSPS) is 17.4. The third kappa shape index (κ3) is 2.33. The maximum absolute atomic E-state index is 5.22. The molecule has 0 spiro atoms. The molecule has 17 heavy (non-hydrogen) atoms. The minimum absolute atomic E-state index is 0.478. The first-order valence-corrected chi connectivity index (χ1v) is 5.81. The van der Waals surface area contributed by atoms with Crippen LogP contribution in [0, 0.1) is 5.92 Å². The predicted octanol–water partition coefficient (Wildman–Crippen LogP) is 0.397. The molecule has 2 aromatic rings. The molecule has 1 aliphatic heterocycles. The van der Waals surface area contributed by atoms with Crippen molar-refractivity contribution < 1.29 is 4.52 Å². The zero-order valence-electron chi connectivity index (χ0n) is 9.39. The van der Waals surface area contributed by atoms with Crippen molar-refractivity contribution in [3.05, 3.63) is 12.2 Å². The molecule has 7 heteroatoms. The maximum Gasteiger partial charge on any atom is 0.239 e. The highest BCUT2D eigenvalue weighted by atomic mass is 16.5. The molecule has 1 aliphatic rings. The van der Waals surface area contributed by atoms with E-state index in [2.05, 4.69) is 30.6 Å². The molecule has 2 N–H and O–H groups in total. The zero-order chi connectivity index (χ0) is 11.5. The van der Waals surface area contributed by atoms with E-state index >= 15 is 0 Å². The van der Waals surface area contributed by atoms with Gasteiger partial charge in [0.2, 0.25) is 11.7 Å². The van der Waals surface area contributed by atoms with Crippen molar-refractivity contribution in [2.45, 2.75) is 19.3 Å². The highest BCUT2D eigenvalue weighted by Gasteiger charge is 2.18. The first kappa shape index (κ1) is 10.4. The number of rotatable bonds is 3. The third-order valence-corrected chi connectivity index (χ3v) is 3.02. The van der Waals surface area contributed by atoms with Crippen LogP contribution in [-0.4, -0.2) is 38.4 Å². The smallest absolute Gasteiger partial charge is 0.239 e. The number of nitrogens with zero attached hydrogens (tertiary/aromatic N) is 4. The van der Waals surface area contributed by atoms with Gasteiger partial charge in [0.05, 0.1) is 0 Å². The lowest BCUT2D eigenvalue weighted by Crippen LogP contribution is -2.28. The number of hydrogen-bond acceptors (Lipinski definition) is 6. The van der Waals surface area contributed by atoms with Gasteiger partial charge >= 0.3 is 0 Å². The lowest BCUT2D eigenvalue weighted by Gasteiger charge is -2.20. The van der Waals surface area contributed by atoms with Gasteiger partial charge in [0.25, 0.3) is 0 Å². The van der Waals surface area contributed by atoms with Gasteiger partial charge in [-0.2, -0.15) is 10.1 Å². The van der Waals surface area contributed by atoms with Crippen LogP contribution in [0.4, 0.5) is 0 Å². The number of aromatic nitrogens is 5. The molecular formula is C10H14N6O. The molecule has 0 bridgehead atoms. The molecule has 1 saturated heterocycles. The van der Waals surface area contributed by atoms with Crippen LogP contribution < -0.4 is 5.32 Å². The van der Waals surface area contributed by atoms with E-state index in [-0.39, 0.29) is 0 Å². The molecule has 3 rings (SSSR count). The molecule has 90 valence electrons. The van der Waals surface area contributed by atoms with E-state index in [9.17, 15) is 0 Å². The van der Waals surface area contributed by atoms with Gasteiger partial charge in [-0.15, -0.1) is 0 Å². The summed E-state index contributed by atoms with van der Waals surface area (Å²) in [4.78, 5) is 8.30. The lowest BCUT2D eigenvalue weighted by atomic mass is 9.95. The van der Waals surface area contributed by atoms with Gasteiger partial charge in [-0.3, -0.25) is 5.10 Å². The standard InChI is InChI=1S/C10H14N6O/c1-3-11-4-2-7(1)5-8-14-10(16-17-8)9-12-6-13-15-9/h6-7,11H,1-5H2,(H,12,13,15). The van der Waals surface area contributed by atoms with Crippen molar-refractivity contribution in [2.24, 2.45) is 5.92 Å². The molecule has 0 atom stereocenters. The van der Waals surface area contributed by atoms with E-state index in [1.807, 2.05) is 0 Å². The average molecular weight is 234 g/mol. The van der Waals surface area contributed by atoms with Crippen LogP contribution in [-0.2, 0) is 6.42 Å². The summed E-state index contributed by atoms with van der Waals surface area (Å²) in [6.07, 6.45) is 4.61. The SMILES string of the molecule is c1n[nH]c(-c2noc(CC3CCNCC3)n2)n1. The summed E-state index contributed by atoms with van der Waals surface area (Å²) in [5.41, 5.74) is 0. The van der Waals surface area contributed by atoms with Crippen LogP contribution in [0.25, 0.3) is 11.6 Å². The predicted molar refractivity (Wildman–Crippen MR) is 59.0 cm³/mol. The van der Waals surface area contributed by atoms with Crippen LogP contribution in [0.3, 0.4) is 0 Å². The number of nitrogens with one attached hydrogen (secondary N) is 2. The van der Waals surface area contributed by atoms with Crippen molar-refractivity contribution in [3.8, 4) is 11.6 Å². The van der Waals surface area contributed by atoms with Crippen molar-refractivity contribution in [1.82, 2.24) is 30.6 Å². The van der Waals surface area contributed by atoms with E-state index < -0.39 is 0 Å². The zero-order valence-corrected chi connectivity index (χ0v) is 9.39. The van der Waals surface area contributed by atoms with Gasteiger partial charge in [0.1, 0.15) is 6.33 Å².